The van der Waals surface area contributed by atoms with Crippen molar-refractivity contribution in [3.05, 3.63) is 34.6 Å². The molecule has 6 heteroatoms. The van der Waals surface area contributed by atoms with Crippen LogP contribution in [0.2, 0.25) is 5.02 Å². The summed E-state index contributed by atoms with van der Waals surface area (Å²) in [6, 6.07) is 3.10. The summed E-state index contributed by atoms with van der Waals surface area (Å²) in [5.41, 5.74) is 0.457. The molecule has 2 atom stereocenters. The standard InChI is InChI=1S/C12H11ClFNO3/c1-15-10(16)5-8(12(17)18)11(15)7-3-2-6(14)4-9(7)13/h2-4,8,11H,5H2,1H3,(H,17,18). The molecule has 1 aromatic rings. The Labute approximate surface area is 108 Å². The summed E-state index contributed by atoms with van der Waals surface area (Å²) in [5, 5.41) is 9.26. The lowest BCUT2D eigenvalue weighted by molar-refractivity contribution is -0.142. The van der Waals surface area contributed by atoms with Crippen molar-refractivity contribution in [1.29, 1.82) is 0 Å². The molecule has 1 aliphatic rings. The predicted molar refractivity (Wildman–Crippen MR) is 62.7 cm³/mol. The van der Waals surface area contributed by atoms with E-state index in [1.54, 1.807) is 0 Å². The number of carbonyl (C=O) groups is 2. The van der Waals surface area contributed by atoms with Crippen molar-refractivity contribution in [2.75, 3.05) is 7.05 Å². The first-order valence-electron chi connectivity index (χ1n) is 5.35. The molecule has 0 saturated carbocycles. The number of aliphatic carboxylic acids is 1. The zero-order valence-corrected chi connectivity index (χ0v) is 10.3. The normalized spacial score (nSPS) is 23.5. The third-order valence-electron chi connectivity index (χ3n) is 3.18. The molecule has 1 aromatic carbocycles. The molecule has 1 aliphatic heterocycles. The van der Waals surface area contributed by atoms with E-state index in [-0.39, 0.29) is 17.4 Å². The maximum absolute atomic E-state index is 13.0. The van der Waals surface area contributed by atoms with Crippen molar-refractivity contribution in [3.63, 3.8) is 0 Å². The average Bonchev–Trinajstić information content (AvgIpc) is 2.57. The number of hydrogen-bond donors (Lipinski definition) is 1. The summed E-state index contributed by atoms with van der Waals surface area (Å²) in [6.45, 7) is 0. The van der Waals surface area contributed by atoms with E-state index >= 15 is 0 Å². The highest BCUT2D eigenvalue weighted by molar-refractivity contribution is 6.31. The molecule has 18 heavy (non-hydrogen) atoms. The van der Waals surface area contributed by atoms with Crippen LogP contribution in [-0.4, -0.2) is 28.9 Å². The number of hydrogen-bond acceptors (Lipinski definition) is 2. The SMILES string of the molecule is CN1C(=O)CC(C(=O)O)C1c1ccc(F)cc1Cl. The fourth-order valence-corrected chi connectivity index (χ4v) is 2.54. The molecule has 2 unspecified atom stereocenters. The van der Waals surface area contributed by atoms with E-state index < -0.39 is 23.7 Å². The molecule has 1 fully saturated rings. The van der Waals surface area contributed by atoms with Crippen LogP contribution < -0.4 is 0 Å². The van der Waals surface area contributed by atoms with Crippen LogP contribution in [0.1, 0.15) is 18.0 Å². The second kappa shape index (κ2) is 4.57. The highest BCUT2D eigenvalue weighted by Gasteiger charge is 2.43. The maximum atomic E-state index is 13.0. The van der Waals surface area contributed by atoms with Gasteiger partial charge in [-0.15, -0.1) is 0 Å². The van der Waals surface area contributed by atoms with Gasteiger partial charge >= 0.3 is 5.97 Å². The van der Waals surface area contributed by atoms with Gasteiger partial charge in [-0.1, -0.05) is 17.7 Å². The fourth-order valence-electron chi connectivity index (χ4n) is 2.26. The molecular formula is C12H11ClFNO3. The van der Waals surface area contributed by atoms with E-state index in [1.165, 1.54) is 24.1 Å². The van der Waals surface area contributed by atoms with Crippen LogP contribution in [0.15, 0.2) is 18.2 Å². The van der Waals surface area contributed by atoms with Crippen LogP contribution in [0.4, 0.5) is 4.39 Å². The maximum Gasteiger partial charge on any atom is 0.309 e. The molecule has 96 valence electrons. The van der Waals surface area contributed by atoms with E-state index in [0.717, 1.165) is 6.07 Å². The zero-order chi connectivity index (χ0) is 13.4. The summed E-state index contributed by atoms with van der Waals surface area (Å²) in [4.78, 5) is 24.1. The topological polar surface area (TPSA) is 57.6 Å². The molecule has 1 N–H and O–H groups in total. The molecular weight excluding hydrogens is 261 g/mol. The van der Waals surface area contributed by atoms with Gasteiger partial charge in [-0.2, -0.15) is 0 Å². The van der Waals surface area contributed by atoms with Crippen LogP contribution in [0.25, 0.3) is 0 Å². The fraction of sp³-hybridized carbons (Fsp3) is 0.333. The Bertz CT molecular complexity index is 520. The molecule has 1 saturated heterocycles. The highest BCUT2D eigenvalue weighted by atomic mass is 35.5. The summed E-state index contributed by atoms with van der Waals surface area (Å²) >= 11 is 5.92. The first-order chi connectivity index (χ1) is 8.41. The Morgan fingerprint density at radius 1 is 1.56 bits per heavy atom. The Balaban J connectivity index is 2.46. The Morgan fingerprint density at radius 2 is 2.22 bits per heavy atom. The number of carboxylic acids is 1. The van der Waals surface area contributed by atoms with Crippen molar-refractivity contribution in [2.24, 2.45) is 5.92 Å². The van der Waals surface area contributed by atoms with Crippen LogP contribution in [-0.2, 0) is 9.59 Å². The second-order valence-electron chi connectivity index (χ2n) is 4.26. The van der Waals surface area contributed by atoms with Gasteiger partial charge in [-0.25, -0.2) is 4.39 Å². The Hall–Kier alpha value is -1.62. The molecule has 0 radical (unpaired) electrons. The molecule has 0 spiro atoms. The van der Waals surface area contributed by atoms with Crippen LogP contribution in [0.3, 0.4) is 0 Å². The van der Waals surface area contributed by atoms with Gasteiger partial charge in [0.15, 0.2) is 0 Å². The molecule has 1 heterocycles. The second-order valence-corrected chi connectivity index (χ2v) is 4.67. The Morgan fingerprint density at radius 3 is 2.78 bits per heavy atom. The lowest BCUT2D eigenvalue weighted by atomic mass is 9.94. The van der Waals surface area contributed by atoms with Crippen molar-refractivity contribution in [3.8, 4) is 0 Å². The lowest BCUT2D eigenvalue weighted by Crippen LogP contribution is -2.27. The van der Waals surface area contributed by atoms with E-state index in [4.69, 9.17) is 16.7 Å². The number of carbonyl (C=O) groups excluding carboxylic acids is 1. The largest absolute Gasteiger partial charge is 0.481 e. The van der Waals surface area contributed by atoms with Gasteiger partial charge in [-0.05, 0) is 17.7 Å². The molecule has 0 aromatic heterocycles. The zero-order valence-electron chi connectivity index (χ0n) is 9.56. The average molecular weight is 272 g/mol. The molecule has 2 rings (SSSR count). The first-order valence-corrected chi connectivity index (χ1v) is 5.73. The summed E-state index contributed by atoms with van der Waals surface area (Å²) in [5.74, 6) is -2.67. The monoisotopic (exact) mass is 271 g/mol. The van der Waals surface area contributed by atoms with Crippen LogP contribution in [0, 0.1) is 11.7 Å². The number of likely N-dealkylation sites (tertiary alicyclic amines) is 1. The van der Waals surface area contributed by atoms with Crippen molar-refractivity contribution in [1.82, 2.24) is 4.90 Å². The van der Waals surface area contributed by atoms with Crippen molar-refractivity contribution >= 4 is 23.5 Å². The van der Waals surface area contributed by atoms with Crippen LogP contribution >= 0.6 is 11.6 Å². The lowest BCUT2D eigenvalue weighted by Gasteiger charge is -2.24. The molecule has 4 nitrogen and oxygen atoms in total. The third kappa shape index (κ3) is 2.06. The number of benzene rings is 1. The number of nitrogens with zero attached hydrogens (tertiary/aromatic N) is 1. The van der Waals surface area contributed by atoms with Gasteiger partial charge in [0, 0.05) is 18.5 Å². The van der Waals surface area contributed by atoms with Crippen molar-refractivity contribution < 1.29 is 19.1 Å². The number of rotatable bonds is 2. The minimum absolute atomic E-state index is 0.0653. The van der Waals surface area contributed by atoms with Gasteiger partial charge in [0.2, 0.25) is 5.91 Å². The first kappa shape index (κ1) is 12.8. The highest BCUT2D eigenvalue weighted by Crippen LogP contribution is 2.40. The van der Waals surface area contributed by atoms with Gasteiger partial charge < -0.3 is 10.0 Å². The summed E-state index contributed by atoms with van der Waals surface area (Å²) in [6.07, 6.45) is -0.0653. The van der Waals surface area contributed by atoms with Gasteiger partial charge in [0.25, 0.3) is 0 Å². The predicted octanol–water partition coefficient (Wildman–Crippen LogP) is 2.08. The summed E-state index contributed by atoms with van der Waals surface area (Å²) in [7, 11) is 1.52. The Kier molecular flexibility index (Phi) is 3.26. The third-order valence-corrected chi connectivity index (χ3v) is 3.51. The molecule has 0 aliphatic carbocycles. The van der Waals surface area contributed by atoms with E-state index in [1.807, 2.05) is 0 Å². The van der Waals surface area contributed by atoms with Gasteiger partial charge in [-0.3, -0.25) is 9.59 Å². The van der Waals surface area contributed by atoms with E-state index in [2.05, 4.69) is 0 Å². The number of amides is 1. The van der Waals surface area contributed by atoms with E-state index in [0.29, 0.717) is 5.56 Å². The minimum atomic E-state index is -1.06. The quantitative estimate of drug-likeness (QED) is 0.896. The van der Waals surface area contributed by atoms with Crippen LogP contribution in [0.5, 0.6) is 0 Å². The minimum Gasteiger partial charge on any atom is -0.481 e. The van der Waals surface area contributed by atoms with Crippen molar-refractivity contribution in [2.45, 2.75) is 12.5 Å². The molecule has 1 amide bonds. The smallest absolute Gasteiger partial charge is 0.309 e. The summed E-state index contributed by atoms with van der Waals surface area (Å²) < 4.78 is 13.0. The van der Waals surface area contributed by atoms with E-state index in [9.17, 15) is 14.0 Å². The number of carboxylic acid groups (broad SMARTS) is 1. The van der Waals surface area contributed by atoms with Gasteiger partial charge in [0.1, 0.15) is 5.82 Å². The molecule has 0 bridgehead atoms. The number of halogens is 2. The van der Waals surface area contributed by atoms with Gasteiger partial charge in [0.05, 0.1) is 12.0 Å².